The zero-order valence-electron chi connectivity index (χ0n) is 18.1. The molecule has 0 aromatic heterocycles. The van der Waals surface area contributed by atoms with Crippen LogP contribution in [0.2, 0.25) is 0 Å². The SMILES string of the molecule is COc1ccc(OC)c(C(=O)N(C/C=C/c2ccccc2)c2ccc3c(c2)OCCO3)c1. The van der Waals surface area contributed by atoms with Crippen LogP contribution >= 0.6 is 0 Å². The molecule has 0 N–H and O–H groups in total. The average Bonchev–Trinajstić information content (AvgIpc) is 2.86. The molecule has 3 aromatic rings. The predicted molar refractivity (Wildman–Crippen MR) is 124 cm³/mol. The number of fused-ring (bicyclic) bond motifs is 1. The molecule has 6 nitrogen and oxygen atoms in total. The Balaban J connectivity index is 1.70. The number of amides is 1. The van der Waals surface area contributed by atoms with E-state index in [0.29, 0.717) is 54.0 Å². The molecule has 164 valence electrons. The van der Waals surface area contributed by atoms with Gasteiger partial charge in [-0.25, -0.2) is 0 Å². The summed E-state index contributed by atoms with van der Waals surface area (Å²) in [7, 11) is 3.11. The highest BCUT2D eigenvalue weighted by molar-refractivity contribution is 6.08. The van der Waals surface area contributed by atoms with Crippen LogP contribution in [0.3, 0.4) is 0 Å². The molecule has 0 bridgehead atoms. The van der Waals surface area contributed by atoms with E-state index < -0.39 is 0 Å². The second-order valence-electron chi connectivity index (χ2n) is 7.12. The van der Waals surface area contributed by atoms with Gasteiger partial charge in [-0.1, -0.05) is 42.5 Å². The molecule has 6 heteroatoms. The minimum Gasteiger partial charge on any atom is -0.497 e. The molecule has 1 amide bonds. The summed E-state index contributed by atoms with van der Waals surface area (Å²) in [4.78, 5) is 15.4. The third-order valence-electron chi connectivity index (χ3n) is 5.12. The molecule has 32 heavy (non-hydrogen) atoms. The largest absolute Gasteiger partial charge is 0.497 e. The molecule has 1 aliphatic rings. The third-order valence-corrected chi connectivity index (χ3v) is 5.12. The lowest BCUT2D eigenvalue weighted by Gasteiger charge is -2.25. The topological polar surface area (TPSA) is 57.2 Å². The van der Waals surface area contributed by atoms with Crippen LogP contribution in [0.4, 0.5) is 5.69 Å². The lowest BCUT2D eigenvalue weighted by atomic mass is 10.1. The quantitative estimate of drug-likeness (QED) is 0.536. The number of hydrogen-bond acceptors (Lipinski definition) is 5. The van der Waals surface area contributed by atoms with Crippen molar-refractivity contribution in [2.75, 3.05) is 38.9 Å². The fourth-order valence-corrected chi connectivity index (χ4v) is 3.49. The Morgan fingerprint density at radius 3 is 2.47 bits per heavy atom. The molecule has 0 aliphatic carbocycles. The van der Waals surface area contributed by atoms with E-state index in [9.17, 15) is 4.79 Å². The molecule has 0 unspecified atom stereocenters. The Morgan fingerprint density at radius 1 is 0.938 bits per heavy atom. The van der Waals surface area contributed by atoms with Crippen molar-refractivity contribution in [1.29, 1.82) is 0 Å². The first kappa shape index (κ1) is 21.3. The first-order valence-corrected chi connectivity index (χ1v) is 10.3. The lowest BCUT2D eigenvalue weighted by molar-refractivity contribution is 0.0986. The number of carbonyl (C=O) groups excluding carboxylic acids is 1. The molecule has 1 heterocycles. The van der Waals surface area contributed by atoms with Crippen molar-refractivity contribution in [2.24, 2.45) is 0 Å². The van der Waals surface area contributed by atoms with Gasteiger partial charge in [0, 0.05) is 18.3 Å². The second-order valence-corrected chi connectivity index (χ2v) is 7.12. The molecule has 0 atom stereocenters. The minimum absolute atomic E-state index is 0.213. The summed E-state index contributed by atoms with van der Waals surface area (Å²) in [5.74, 6) is 2.14. The Bertz CT molecular complexity index is 1110. The Labute approximate surface area is 187 Å². The van der Waals surface area contributed by atoms with Gasteiger partial charge in [0.15, 0.2) is 11.5 Å². The van der Waals surface area contributed by atoms with Crippen LogP contribution in [0.5, 0.6) is 23.0 Å². The Hall–Kier alpha value is -3.93. The van der Waals surface area contributed by atoms with E-state index in [4.69, 9.17) is 18.9 Å². The lowest BCUT2D eigenvalue weighted by Crippen LogP contribution is -2.31. The summed E-state index contributed by atoms with van der Waals surface area (Å²) in [6, 6.07) is 20.6. The molecular weight excluding hydrogens is 406 g/mol. The molecular formula is C26H25NO5. The van der Waals surface area contributed by atoms with Crippen LogP contribution in [-0.2, 0) is 0 Å². The summed E-state index contributed by atoms with van der Waals surface area (Å²) in [6.45, 7) is 1.34. The van der Waals surface area contributed by atoms with E-state index in [-0.39, 0.29) is 5.91 Å². The fraction of sp³-hybridized carbons (Fsp3) is 0.192. The number of ether oxygens (including phenoxy) is 4. The minimum atomic E-state index is -0.213. The van der Waals surface area contributed by atoms with Crippen LogP contribution in [0.25, 0.3) is 6.08 Å². The van der Waals surface area contributed by atoms with Gasteiger partial charge in [-0.15, -0.1) is 0 Å². The normalized spacial score (nSPS) is 12.4. The highest BCUT2D eigenvalue weighted by Crippen LogP contribution is 2.35. The smallest absolute Gasteiger partial charge is 0.262 e. The monoisotopic (exact) mass is 431 g/mol. The summed E-state index contributed by atoms with van der Waals surface area (Å²) in [6.07, 6.45) is 3.94. The summed E-state index contributed by atoms with van der Waals surface area (Å²) < 4.78 is 22.1. The molecule has 0 spiro atoms. The van der Waals surface area contributed by atoms with E-state index in [1.165, 1.54) is 0 Å². The van der Waals surface area contributed by atoms with Crippen LogP contribution < -0.4 is 23.8 Å². The number of anilines is 1. The number of rotatable bonds is 7. The van der Waals surface area contributed by atoms with E-state index in [2.05, 4.69) is 0 Å². The maximum Gasteiger partial charge on any atom is 0.262 e. The maximum absolute atomic E-state index is 13.7. The summed E-state index contributed by atoms with van der Waals surface area (Å²) in [5.41, 5.74) is 2.16. The van der Waals surface area contributed by atoms with E-state index >= 15 is 0 Å². The van der Waals surface area contributed by atoms with Crippen molar-refractivity contribution in [1.82, 2.24) is 0 Å². The van der Waals surface area contributed by atoms with E-state index in [1.807, 2.05) is 60.7 Å². The summed E-state index contributed by atoms with van der Waals surface area (Å²) in [5, 5.41) is 0. The predicted octanol–water partition coefficient (Wildman–Crippen LogP) is 4.84. The zero-order valence-corrected chi connectivity index (χ0v) is 18.1. The number of hydrogen-bond donors (Lipinski definition) is 0. The van der Waals surface area contributed by atoms with Gasteiger partial charge in [-0.05, 0) is 35.9 Å². The van der Waals surface area contributed by atoms with Crippen LogP contribution in [0.15, 0.2) is 72.8 Å². The number of methoxy groups -OCH3 is 2. The van der Waals surface area contributed by atoms with Gasteiger partial charge < -0.3 is 23.8 Å². The Morgan fingerprint density at radius 2 is 1.72 bits per heavy atom. The molecule has 0 fully saturated rings. The van der Waals surface area contributed by atoms with Crippen molar-refractivity contribution >= 4 is 17.7 Å². The summed E-state index contributed by atoms with van der Waals surface area (Å²) >= 11 is 0. The highest BCUT2D eigenvalue weighted by atomic mass is 16.6. The van der Waals surface area contributed by atoms with Crippen LogP contribution in [0.1, 0.15) is 15.9 Å². The van der Waals surface area contributed by atoms with Gasteiger partial charge in [0.25, 0.3) is 5.91 Å². The van der Waals surface area contributed by atoms with Gasteiger partial charge in [-0.3, -0.25) is 4.79 Å². The highest BCUT2D eigenvalue weighted by Gasteiger charge is 2.23. The van der Waals surface area contributed by atoms with Gasteiger partial charge in [0.2, 0.25) is 0 Å². The van der Waals surface area contributed by atoms with E-state index in [0.717, 1.165) is 5.56 Å². The van der Waals surface area contributed by atoms with Crippen molar-refractivity contribution in [3.05, 3.63) is 83.9 Å². The number of nitrogens with zero attached hydrogens (tertiary/aromatic N) is 1. The molecule has 4 rings (SSSR count). The maximum atomic E-state index is 13.7. The molecule has 0 saturated carbocycles. The van der Waals surface area contributed by atoms with Crippen LogP contribution in [-0.4, -0.2) is 39.9 Å². The fourth-order valence-electron chi connectivity index (χ4n) is 3.49. The van der Waals surface area contributed by atoms with Crippen molar-refractivity contribution in [3.8, 4) is 23.0 Å². The van der Waals surface area contributed by atoms with Crippen LogP contribution in [0, 0.1) is 0 Å². The molecule has 0 radical (unpaired) electrons. The van der Waals surface area contributed by atoms with Crippen molar-refractivity contribution < 1.29 is 23.7 Å². The zero-order chi connectivity index (χ0) is 22.3. The molecule has 1 aliphatic heterocycles. The number of carbonyl (C=O) groups is 1. The standard InChI is InChI=1S/C26H25NO5/c1-29-21-11-13-23(30-2)22(18-21)26(28)27(14-6-9-19-7-4-3-5-8-19)20-10-12-24-25(17-20)32-16-15-31-24/h3-13,17-18H,14-16H2,1-2H3/b9-6+. The molecule has 3 aromatic carbocycles. The van der Waals surface area contributed by atoms with Crippen molar-refractivity contribution in [2.45, 2.75) is 0 Å². The third kappa shape index (κ3) is 4.70. The number of benzene rings is 3. The first-order valence-electron chi connectivity index (χ1n) is 10.3. The van der Waals surface area contributed by atoms with Gasteiger partial charge in [0.1, 0.15) is 24.7 Å². The van der Waals surface area contributed by atoms with Crippen molar-refractivity contribution in [3.63, 3.8) is 0 Å². The van der Waals surface area contributed by atoms with Gasteiger partial charge in [0.05, 0.1) is 19.8 Å². The average molecular weight is 431 g/mol. The molecule has 0 saturated heterocycles. The van der Waals surface area contributed by atoms with Gasteiger partial charge in [-0.2, -0.15) is 0 Å². The van der Waals surface area contributed by atoms with E-state index in [1.54, 1.807) is 37.3 Å². The Kier molecular flexibility index (Phi) is 6.60. The first-order chi connectivity index (χ1) is 15.7. The second kappa shape index (κ2) is 9.92. The van der Waals surface area contributed by atoms with Gasteiger partial charge >= 0.3 is 0 Å².